The van der Waals surface area contributed by atoms with E-state index in [2.05, 4.69) is 292 Å². The van der Waals surface area contributed by atoms with Crippen molar-refractivity contribution >= 4 is 86.2 Å². The number of aryl methyl sites for hydroxylation is 4. The highest BCUT2D eigenvalue weighted by Gasteiger charge is 2.18. The van der Waals surface area contributed by atoms with Gasteiger partial charge in [-0.3, -0.25) is 0 Å². The van der Waals surface area contributed by atoms with Gasteiger partial charge in [-0.1, -0.05) is 301 Å². The third-order valence-electron chi connectivity index (χ3n) is 21.6. The van der Waals surface area contributed by atoms with Crippen LogP contribution in [0.25, 0.3) is 86.2 Å². The van der Waals surface area contributed by atoms with E-state index in [1.54, 1.807) is 0 Å². The van der Waals surface area contributed by atoms with Crippen molar-refractivity contribution in [2.24, 2.45) is 0 Å². The van der Waals surface area contributed by atoms with E-state index in [4.69, 9.17) is 0 Å². The molecule has 0 atom stereocenters. The van der Waals surface area contributed by atoms with Gasteiger partial charge in [-0.15, -0.1) is 0 Å². The van der Waals surface area contributed by atoms with Gasteiger partial charge in [-0.05, 0) is 280 Å². The van der Waals surface area contributed by atoms with Crippen molar-refractivity contribution in [3.05, 3.63) is 237 Å². The van der Waals surface area contributed by atoms with Crippen LogP contribution in [0.2, 0.25) is 0 Å². The molecule has 0 heterocycles. The molecule has 8 bridgehead atoms. The molecule has 0 nitrogen and oxygen atoms in total. The molecule has 12 aromatic carbocycles. The average molecular weight is 1350 g/mol. The second-order valence-electron chi connectivity index (χ2n) is 28.7. The van der Waals surface area contributed by atoms with Crippen LogP contribution in [-0.4, -0.2) is 0 Å². The minimum atomic E-state index is 0.961. The first-order chi connectivity index (χ1) is 51.5. The lowest BCUT2D eigenvalue weighted by Gasteiger charge is -2.14. The summed E-state index contributed by atoms with van der Waals surface area (Å²) in [6.07, 6.45) is 33.4. The molecule has 1 aliphatic rings. The van der Waals surface area contributed by atoms with Crippen LogP contribution < -0.4 is 0 Å². The maximum absolute atomic E-state index is 3.59. The van der Waals surface area contributed by atoms with Crippen molar-refractivity contribution < 1.29 is 0 Å². The molecule has 0 radical (unpaired) electrons. The van der Waals surface area contributed by atoms with Gasteiger partial charge in [0, 0.05) is 44.5 Å². The van der Waals surface area contributed by atoms with Crippen molar-refractivity contribution in [3.8, 4) is 94.7 Å². The van der Waals surface area contributed by atoms with Crippen molar-refractivity contribution in [1.82, 2.24) is 0 Å². The summed E-state index contributed by atoms with van der Waals surface area (Å²) in [5, 5.41) is 19.0. The summed E-state index contributed by atoms with van der Waals surface area (Å²) in [5.74, 6) is 55.8. The molecule has 0 spiro atoms. The summed E-state index contributed by atoms with van der Waals surface area (Å²) in [4.78, 5) is 0. The van der Waals surface area contributed by atoms with Gasteiger partial charge in [-0.2, -0.15) is 0 Å². The van der Waals surface area contributed by atoms with E-state index in [0.717, 1.165) is 139 Å². The zero-order valence-electron chi connectivity index (χ0n) is 62.0. The van der Waals surface area contributed by atoms with Gasteiger partial charge in [0.15, 0.2) is 0 Å². The highest BCUT2D eigenvalue weighted by Crippen LogP contribution is 2.39. The van der Waals surface area contributed by atoms with Crippen LogP contribution in [0, 0.1) is 94.7 Å². The quantitative estimate of drug-likeness (QED) is 0.0260. The zero-order chi connectivity index (χ0) is 71.1. The average Bonchev–Trinajstić information content (AvgIpc) is 0.780. The molecule has 0 aromatic heterocycles. The predicted octanol–water partition coefficient (Wildman–Crippen LogP) is 26.5. The predicted molar refractivity (Wildman–Crippen MR) is 449 cm³/mol. The second-order valence-corrected chi connectivity index (χ2v) is 28.7. The van der Waals surface area contributed by atoms with Gasteiger partial charge < -0.3 is 0 Å². The van der Waals surface area contributed by atoms with Gasteiger partial charge in [0.1, 0.15) is 0 Å². The van der Waals surface area contributed by atoms with E-state index in [1.807, 2.05) is 0 Å². The second kappa shape index (κ2) is 36.4. The summed E-state index contributed by atoms with van der Waals surface area (Å²) in [7, 11) is 0. The Bertz CT molecular complexity index is 4710. The van der Waals surface area contributed by atoms with Gasteiger partial charge in [-0.25, -0.2) is 0 Å². The molecule has 0 fully saturated rings. The van der Waals surface area contributed by atoms with Crippen LogP contribution in [0.1, 0.15) is 249 Å². The molecule has 512 valence electrons. The molecule has 0 N–H and O–H groups in total. The molecule has 0 aliphatic heterocycles. The molecule has 104 heavy (non-hydrogen) atoms. The molecule has 13 rings (SSSR count). The first-order valence-corrected chi connectivity index (χ1v) is 39.5. The Morgan fingerprint density at radius 2 is 0.308 bits per heavy atom. The molecule has 0 heteroatoms. The standard InChI is InChI=1S/C104H96/c1-5-9-13-17-21-25-61-85-89-65-37-53-77-45-29-31-47-79-55-39-67-91-86(62-26-22-18-14-10-6-2)93-69-41-57-81(101(93)74-99(79)91)49-33-35-51-83-59-43-71-95-88(64-28-24-20-16-12-8-4)96-72-44-60-84(104(96)76-103(83)95)52-36-34-50-82-58-42-70-94-87(63-27-23-19-15-11-7-3)92-68-40-56-80(100(92)75-102(82)94)48-32-30-46-78-54-38-66-90(85)98(78)73-97(77)89/h37-44,53-60,65-76H,5-28,61-64H2,1-4H3. The van der Waals surface area contributed by atoms with Crippen molar-refractivity contribution in [1.29, 1.82) is 0 Å². The molecule has 1 aliphatic carbocycles. The van der Waals surface area contributed by atoms with Gasteiger partial charge in [0.2, 0.25) is 0 Å². The highest BCUT2D eigenvalue weighted by atomic mass is 14.2. The van der Waals surface area contributed by atoms with Gasteiger partial charge in [0.05, 0.1) is 0 Å². The summed E-state index contributed by atoms with van der Waals surface area (Å²) in [6, 6.07) is 62.2. The van der Waals surface area contributed by atoms with Crippen LogP contribution in [0.3, 0.4) is 0 Å². The molecule has 0 unspecified atom stereocenters. The van der Waals surface area contributed by atoms with Crippen LogP contribution in [0.5, 0.6) is 0 Å². The van der Waals surface area contributed by atoms with E-state index >= 15 is 0 Å². The monoisotopic (exact) mass is 1340 g/mol. The summed E-state index contributed by atoms with van der Waals surface area (Å²) in [5.41, 5.74) is 13.1. The smallest absolute Gasteiger partial charge is 0.0334 e. The normalized spacial score (nSPS) is 11.6. The largest absolute Gasteiger partial charge is 0.0654 e. The topological polar surface area (TPSA) is 0 Å². The molecule has 0 amide bonds. The van der Waals surface area contributed by atoms with E-state index < -0.39 is 0 Å². The van der Waals surface area contributed by atoms with Crippen LogP contribution in [0.15, 0.2) is 170 Å². The Morgan fingerprint density at radius 1 is 0.163 bits per heavy atom. The van der Waals surface area contributed by atoms with Crippen LogP contribution >= 0.6 is 0 Å². The molecular weight excluding hydrogens is 1250 g/mol. The SMILES string of the molecule is CCCCCCCCc1c2cccc3c2cc2c(cccc12)C#CC#Cc1cccc2c(CCCCCCCC)c4cccc(c4cc12)C#CC#Cc1cccc2c(CCCCCCCC)c4cccc(c4cc12)C#CC#Cc1cccc2c(CCCCCCCC)c4cccc(c4cc12)C#CC#C3. The van der Waals surface area contributed by atoms with E-state index in [9.17, 15) is 0 Å². The minimum Gasteiger partial charge on any atom is -0.0654 e. The third-order valence-corrected chi connectivity index (χ3v) is 21.6. The number of hydrogen-bond donors (Lipinski definition) is 0. The molecular formula is C104H96. The first-order valence-electron chi connectivity index (χ1n) is 39.5. The molecule has 12 aromatic rings. The summed E-state index contributed by atoms with van der Waals surface area (Å²) < 4.78 is 0. The van der Waals surface area contributed by atoms with E-state index in [-0.39, 0.29) is 0 Å². The number of benzene rings is 12. The lowest BCUT2D eigenvalue weighted by molar-refractivity contribution is 0.609. The van der Waals surface area contributed by atoms with Crippen molar-refractivity contribution in [3.63, 3.8) is 0 Å². The number of rotatable bonds is 28. The van der Waals surface area contributed by atoms with E-state index in [0.29, 0.717) is 0 Å². The zero-order valence-corrected chi connectivity index (χ0v) is 62.0. The van der Waals surface area contributed by atoms with Crippen LogP contribution in [-0.2, 0) is 25.7 Å². The highest BCUT2D eigenvalue weighted by molar-refractivity contribution is 6.10. The minimum absolute atomic E-state index is 0.961. The Labute approximate surface area is 621 Å². The summed E-state index contributed by atoms with van der Waals surface area (Å²) >= 11 is 0. The van der Waals surface area contributed by atoms with Crippen molar-refractivity contribution in [2.45, 2.75) is 207 Å². The lowest BCUT2D eigenvalue weighted by Crippen LogP contribution is -1.95. The summed E-state index contributed by atoms with van der Waals surface area (Å²) in [6.45, 7) is 9.16. The van der Waals surface area contributed by atoms with Crippen LogP contribution in [0.4, 0.5) is 0 Å². The Hall–Kier alpha value is -10.8. The number of unbranched alkanes of at least 4 members (excludes halogenated alkanes) is 20. The maximum atomic E-state index is 3.59. The van der Waals surface area contributed by atoms with Gasteiger partial charge >= 0.3 is 0 Å². The van der Waals surface area contributed by atoms with Gasteiger partial charge in [0.25, 0.3) is 0 Å². The Morgan fingerprint density at radius 3 is 0.462 bits per heavy atom. The fraction of sp³-hybridized carbons (Fsp3) is 0.308. The fourth-order valence-corrected chi connectivity index (χ4v) is 16.1. The molecule has 0 saturated carbocycles. The third kappa shape index (κ3) is 17.0. The lowest BCUT2D eigenvalue weighted by atomic mass is 9.89. The van der Waals surface area contributed by atoms with E-state index in [1.165, 1.54) is 194 Å². The number of hydrogen-bond acceptors (Lipinski definition) is 0. The first kappa shape index (κ1) is 71.6. The maximum Gasteiger partial charge on any atom is 0.0334 e. The van der Waals surface area contributed by atoms with Crippen molar-refractivity contribution in [2.75, 3.05) is 0 Å². The fourth-order valence-electron chi connectivity index (χ4n) is 16.1. The Kier molecular flexibility index (Phi) is 25.0. The molecule has 0 saturated heterocycles. The Balaban J connectivity index is 0.992.